The molecule has 4 heterocycles. The molecule has 1 aliphatic rings. The van der Waals surface area contributed by atoms with E-state index in [0.29, 0.717) is 11.9 Å². The quantitative estimate of drug-likeness (QED) is 0.536. The molecular weight excluding hydrogens is 376 g/mol. The summed E-state index contributed by atoms with van der Waals surface area (Å²) in [5.41, 5.74) is 4.90. The molecular formula is C22H24N8. The van der Waals surface area contributed by atoms with E-state index in [-0.39, 0.29) is 0 Å². The van der Waals surface area contributed by atoms with Crippen LogP contribution in [0.1, 0.15) is 6.42 Å². The third-order valence-electron chi connectivity index (χ3n) is 5.34. The molecule has 5 rings (SSSR count). The lowest BCUT2D eigenvalue weighted by Gasteiger charge is -2.16. The van der Waals surface area contributed by atoms with E-state index < -0.39 is 0 Å². The Morgan fingerprint density at radius 2 is 1.97 bits per heavy atom. The monoisotopic (exact) mass is 400 g/mol. The second-order valence-corrected chi connectivity index (χ2v) is 7.65. The molecule has 1 saturated heterocycles. The average Bonchev–Trinajstić information content (AvgIpc) is 3.51. The first-order chi connectivity index (χ1) is 14.7. The van der Waals surface area contributed by atoms with E-state index in [9.17, 15) is 0 Å². The molecule has 2 N–H and O–H groups in total. The first-order valence-corrected chi connectivity index (χ1v) is 10.1. The van der Waals surface area contributed by atoms with Crippen molar-refractivity contribution in [2.24, 2.45) is 14.1 Å². The first-order valence-electron chi connectivity index (χ1n) is 10.1. The Morgan fingerprint density at radius 3 is 2.70 bits per heavy atom. The number of rotatable bonds is 5. The van der Waals surface area contributed by atoms with Crippen molar-refractivity contribution < 1.29 is 0 Å². The molecule has 1 atom stereocenters. The van der Waals surface area contributed by atoms with Crippen LogP contribution in [0.5, 0.6) is 0 Å². The molecule has 1 aromatic carbocycles. The molecule has 0 aliphatic carbocycles. The highest BCUT2D eigenvalue weighted by Crippen LogP contribution is 2.29. The minimum Gasteiger partial charge on any atom is -0.365 e. The van der Waals surface area contributed by atoms with Crippen LogP contribution in [0, 0.1) is 0 Å². The van der Waals surface area contributed by atoms with Crippen LogP contribution in [0.25, 0.3) is 33.8 Å². The van der Waals surface area contributed by atoms with Gasteiger partial charge in [-0.05, 0) is 30.7 Å². The summed E-state index contributed by atoms with van der Waals surface area (Å²) < 4.78 is 3.60. The van der Waals surface area contributed by atoms with Gasteiger partial charge in [0.15, 0.2) is 5.82 Å². The number of aryl methyl sites for hydroxylation is 2. The summed E-state index contributed by atoms with van der Waals surface area (Å²) in [6.45, 7) is 1.94. The van der Waals surface area contributed by atoms with Gasteiger partial charge in [0, 0.05) is 56.4 Å². The zero-order valence-electron chi connectivity index (χ0n) is 17.1. The number of nitrogens with one attached hydrogen (secondary N) is 2. The molecule has 0 radical (unpaired) electrons. The summed E-state index contributed by atoms with van der Waals surface area (Å²) >= 11 is 0. The zero-order valence-corrected chi connectivity index (χ0v) is 17.1. The summed E-state index contributed by atoms with van der Waals surface area (Å²) in [6.07, 6.45) is 8.74. The molecule has 0 spiro atoms. The van der Waals surface area contributed by atoms with E-state index in [0.717, 1.165) is 53.3 Å². The van der Waals surface area contributed by atoms with E-state index in [1.807, 2.05) is 57.1 Å². The molecule has 1 aliphatic heterocycles. The normalized spacial score (nSPS) is 16.1. The fourth-order valence-corrected chi connectivity index (χ4v) is 3.76. The Bertz CT molecular complexity index is 1170. The fraction of sp³-hybridized carbons (Fsp3) is 0.273. The predicted molar refractivity (Wildman–Crippen MR) is 117 cm³/mol. The molecule has 3 aromatic heterocycles. The first kappa shape index (κ1) is 18.5. The molecule has 152 valence electrons. The van der Waals surface area contributed by atoms with Crippen LogP contribution in [0.3, 0.4) is 0 Å². The highest BCUT2D eigenvalue weighted by molar-refractivity contribution is 5.75. The Balaban J connectivity index is 1.54. The van der Waals surface area contributed by atoms with Gasteiger partial charge < -0.3 is 10.6 Å². The largest absolute Gasteiger partial charge is 0.365 e. The smallest absolute Gasteiger partial charge is 0.161 e. The lowest BCUT2D eigenvalue weighted by atomic mass is 10.1. The minimum atomic E-state index is 0.344. The van der Waals surface area contributed by atoms with Crippen LogP contribution in [-0.2, 0) is 14.1 Å². The molecule has 0 unspecified atom stereocenters. The van der Waals surface area contributed by atoms with Crippen molar-refractivity contribution in [2.45, 2.75) is 12.5 Å². The van der Waals surface area contributed by atoms with E-state index in [4.69, 9.17) is 4.98 Å². The van der Waals surface area contributed by atoms with Crippen LogP contribution in [0.2, 0.25) is 0 Å². The van der Waals surface area contributed by atoms with Gasteiger partial charge in [0.2, 0.25) is 0 Å². The Labute approximate surface area is 175 Å². The molecule has 8 heteroatoms. The van der Waals surface area contributed by atoms with Gasteiger partial charge in [-0.25, -0.2) is 9.97 Å². The topological polar surface area (TPSA) is 85.5 Å². The number of hydrogen-bond acceptors (Lipinski definition) is 6. The van der Waals surface area contributed by atoms with E-state index in [1.165, 1.54) is 0 Å². The van der Waals surface area contributed by atoms with Crippen LogP contribution in [-0.4, -0.2) is 48.7 Å². The van der Waals surface area contributed by atoms with Gasteiger partial charge in [0.25, 0.3) is 0 Å². The van der Waals surface area contributed by atoms with Crippen molar-refractivity contribution in [3.63, 3.8) is 0 Å². The van der Waals surface area contributed by atoms with Gasteiger partial charge in [0.1, 0.15) is 5.82 Å². The maximum atomic E-state index is 4.91. The number of hydrogen-bond donors (Lipinski definition) is 2. The van der Waals surface area contributed by atoms with Crippen molar-refractivity contribution >= 4 is 5.82 Å². The SMILES string of the molecule is Cn1cc(-c2cccc(-c3ncc(-c4ccn(C)n4)c(N[C@H]4CCNC4)n3)c2)cn1. The third-order valence-corrected chi connectivity index (χ3v) is 5.34. The zero-order chi connectivity index (χ0) is 20.5. The van der Waals surface area contributed by atoms with E-state index in [2.05, 4.69) is 37.9 Å². The van der Waals surface area contributed by atoms with Gasteiger partial charge >= 0.3 is 0 Å². The number of anilines is 1. The van der Waals surface area contributed by atoms with Crippen molar-refractivity contribution in [3.05, 3.63) is 55.1 Å². The minimum absolute atomic E-state index is 0.344. The van der Waals surface area contributed by atoms with Crippen molar-refractivity contribution in [3.8, 4) is 33.8 Å². The van der Waals surface area contributed by atoms with Crippen molar-refractivity contribution in [1.82, 2.24) is 34.8 Å². The summed E-state index contributed by atoms with van der Waals surface area (Å²) in [7, 11) is 3.83. The second kappa shape index (κ2) is 7.72. The predicted octanol–water partition coefficient (Wildman–Crippen LogP) is 2.72. The van der Waals surface area contributed by atoms with E-state index >= 15 is 0 Å². The molecule has 4 aromatic rings. The van der Waals surface area contributed by atoms with Crippen molar-refractivity contribution in [1.29, 1.82) is 0 Å². The highest BCUT2D eigenvalue weighted by Gasteiger charge is 2.19. The number of aromatic nitrogens is 6. The standard InChI is InChI=1S/C22H24N8/c1-29-9-7-20(28-29)19-13-24-21(27-22(19)26-18-6-8-23-12-18)16-5-3-4-15(10-16)17-11-25-30(2)14-17/h3-5,7,9-11,13-14,18,23H,6,8,12H2,1-2H3,(H,24,26,27)/t18-/m0/s1. The molecule has 1 fully saturated rings. The van der Waals surface area contributed by atoms with Gasteiger partial charge in [-0.3, -0.25) is 9.36 Å². The lowest BCUT2D eigenvalue weighted by Crippen LogP contribution is -2.23. The summed E-state index contributed by atoms with van der Waals surface area (Å²) in [6, 6.07) is 10.6. The van der Waals surface area contributed by atoms with Gasteiger partial charge in [0.05, 0.1) is 17.5 Å². The second-order valence-electron chi connectivity index (χ2n) is 7.65. The summed E-state index contributed by atoms with van der Waals surface area (Å²) in [5.74, 6) is 1.51. The van der Waals surface area contributed by atoms with Gasteiger partial charge in [-0.1, -0.05) is 18.2 Å². The molecule has 0 amide bonds. The number of nitrogens with zero attached hydrogens (tertiary/aromatic N) is 6. The molecule has 8 nitrogen and oxygen atoms in total. The molecule has 30 heavy (non-hydrogen) atoms. The summed E-state index contributed by atoms with van der Waals surface area (Å²) in [4.78, 5) is 9.58. The third kappa shape index (κ3) is 3.69. The number of benzene rings is 1. The van der Waals surface area contributed by atoms with Crippen LogP contribution < -0.4 is 10.6 Å². The average molecular weight is 400 g/mol. The van der Waals surface area contributed by atoms with Crippen LogP contribution in [0.15, 0.2) is 55.1 Å². The highest BCUT2D eigenvalue weighted by atomic mass is 15.3. The fourth-order valence-electron chi connectivity index (χ4n) is 3.76. The van der Waals surface area contributed by atoms with Gasteiger partial charge in [-0.15, -0.1) is 0 Å². The molecule has 0 saturated carbocycles. The Hall–Kier alpha value is -3.52. The maximum absolute atomic E-state index is 4.91. The van der Waals surface area contributed by atoms with Crippen LogP contribution >= 0.6 is 0 Å². The Kier molecular flexibility index (Phi) is 4.76. The van der Waals surface area contributed by atoms with Crippen LogP contribution in [0.4, 0.5) is 5.82 Å². The molecule has 0 bridgehead atoms. The maximum Gasteiger partial charge on any atom is 0.161 e. The van der Waals surface area contributed by atoms with Gasteiger partial charge in [-0.2, -0.15) is 10.2 Å². The lowest BCUT2D eigenvalue weighted by molar-refractivity contribution is 0.768. The summed E-state index contributed by atoms with van der Waals surface area (Å²) in [5, 5.41) is 15.8. The Morgan fingerprint density at radius 1 is 1.07 bits per heavy atom. The van der Waals surface area contributed by atoms with Crippen molar-refractivity contribution in [2.75, 3.05) is 18.4 Å². The van der Waals surface area contributed by atoms with E-state index in [1.54, 1.807) is 9.36 Å².